The number of carbonyl (C=O) groups excluding carboxylic acids is 3. The molecule has 2 aromatic carbocycles. The monoisotopic (exact) mass is 366 g/mol. The van der Waals surface area contributed by atoms with Crippen LogP contribution in [-0.4, -0.2) is 47.1 Å². The quantitative estimate of drug-likeness (QED) is 0.778. The Labute approximate surface area is 156 Å². The van der Waals surface area contributed by atoms with E-state index in [2.05, 4.69) is 0 Å². The molecule has 7 heteroatoms. The third-order valence-corrected chi connectivity index (χ3v) is 4.63. The predicted octanol–water partition coefficient (Wildman–Crippen LogP) is 2.73. The molecule has 4 rings (SSSR count). The van der Waals surface area contributed by atoms with E-state index in [9.17, 15) is 14.4 Å². The molecule has 0 saturated carbocycles. The molecule has 2 aliphatic rings. The fourth-order valence-electron chi connectivity index (χ4n) is 3.10. The number of cyclic esters (lactones) is 1. The zero-order valence-electron chi connectivity index (χ0n) is 14.5. The van der Waals surface area contributed by atoms with Crippen LogP contribution in [0.2, 0.25) is 0 Å². The van der Waals surface area contributed by atoms with Gasteiger partial charge in [0.05, 0.1) is 6.54 Å². The number of imide groups is 1. The van der Waals surface area contributed by atoms with Gasteiger partial charge in [0.15, 0.2) is 0 Å². The molecule has 2 fully saturated rings. The molecule has 2 aromatic rings. The van der Waals surface area contributed by atoms with Crippen molar-refractivity contribution in [1.82, 2.24) is 9.80 Å². The summed E-state index contributed by atoms with van der Waals surface area (Å²) in [6, 6.07) is 17.3. The van der Waals surface area contributed by atoms with Crippen LogP contribution in [0.15, 0.2) is 60.7 Å². The van der Waals surface area contributed by atoms with Crippen LogP contribution in [0.5, 0.6) is 0 Å². The minimum atomic E-state index is -0.690. The van der Waals surface area contributed by atoms with E-state index in [1.807, 2.05) is 60.7 Å². The second-order valence-electron chi connectivity index (χ2n) is 6.42. The molecule has 0 aliphatic carbocycles. The van der Waals surface area contributed by atoms with E-state index in [4.69, 9.17) is 9.47 Å². The molecule has 7 nitrogen and oxygen atoms in total. The van der Waals surface area contributed by atoms with Gasteiger partial charge in [0.1, 0.15) is 25.3 Å². The average molecular weight is 366 g/mol. The van der Waals surface area contributed by atoms with Gasteiger partial charge in [-0.2, -0.15) is 0 Å². The normalized spacial score (nSPS) is 21.0. The lowest BCUT2D eigenvalue weighted by Gasteiger charge is -2.19. The number of hydrogen-bond acceptors (Lipinski definition) is 5. The highest BCUT2D eigenvalue weighted by molar-refractivity contribution is 6.00. The molecular weight excluding hydrogens is 348 g/mol. The molecule has 2 saturated heterocycles. The molecule has 2 heterocycles. The second kappa shape index (κ2) is 7.11. The Kier molecular flexibility index (Phi) is 4.50. The van der Waals surface area contributed by atoms with Crippen LogP contribution in [0, 0.1) is 0 Å². The highest BCUT2D eigenvalue weighted by Crippen LogP contribution is 2.32. The van der Waals surface area contributed by atoms with Crippen LogP contribution in [0.4, 0.5) is 9.59 Å². The van der Waals surface area contributed by atoms with Gasteiger partial charge >= 0.3 is 12.2 Å². The molecule has 0 radical (unpaired) electrons. The van der Waals surface area contributed by atoms with E-state index in [-0.39, 0.29) is 19.8 Å². The van der Waals surface area contributed by atoms with Crippen molar-refractivity contribution in [3.8, 4) is 0 Å². The standard InChI is InChI=1S/C20H18N2O5/c23-18(22-17(13-27-20(22)25)15-9-5-2-6-10-15)16-11-21(16)19(24)26-12-14-7-3-1-4-8-14/h1-10,16-17H,11-13H2/t16-,17+,21?/m0/s1. The van der Waals surface area contributed by atoms with Crippen molar-refractivity contribution in [3.63, 3.8) is 0 Å². The molecule has 2 atom stereocenters. The van der Waals surface area contributed by atoms with Gasteiger partial charge in [-0.25, -0.2) is 14.5 Å². The van der Waals surface area contributed by atoms with Crippen molar-refractivity contribution in [1.29, 1.82) is 0 Å². The summed E-state index contributed by atoms with van der Waals surface area (Å²) in [5.74, 6) is -0.442. The number of benzene rings is 2. The molecule has 0 aromatic heterocycles. The zero-order chi connectivity index (χ0) is 18.8. The Bertz CT molecular complexity index is 855. The molecule has 0 spiro atoms. The predicted molar refractivity (Wildman–Crippen MR) is 94.5 cm³/mol. The Morgan fingerprint density at radius 1 is 1.04 bits per heavy atom. The van der Waals surface area contributed by atoms with Gasteiger partial charge in [-0.3, -0.25) is 9.69 Å². The minimum Gasteiger partial charge on any atom is -0.446 e. The molecule has 138 valence electrons. The van der Waals surface area contributed by atoms with E-state index in [0.717, 1.165) is 16.0 Å². The lowest BCUT2D eigenvalue weighted by molar-refractivity contribution is -0.129. The topological polar surface area (TPSA) is 75.9 Å². The number of carbonyl (C=O) groups is 3. The van der Waals surface area contributed by atoms with Crippen LogP contribution in [0.3, 0.4) is 0 Å². The summed E-state index contributed by atoms with van der Waals surface area (Å²) in [6.45, 7) is 0.479. The van der Waals surface area contributed by atoms with E-state index < -0.39 is 30.2 Å². The molecular formula is C20H18N2O5. The lowest BCUT2D eigenvalue weighted by Crippen LogP contribution is -2.39. The van der Waals surface area contributed by atoms with Crippen LogP contribution in [0.25, 0.3) is 0 Å². The summed E-state index contributed by atoms with van der Waals surface area (Å²) in [6.07, 6.45) is -1.25. The SMILES string of the molecule is O=C(OCc1ccccc1)N1C[C@H]1C(=O)N1C(=O)OC[C@@H]1c1ccccc1. The number of hydrogen-bond donors (Lipinski definition) is 0. The van der Waals surface area contributed by atoms with Gasteiger partial charge in [-0.05, 0) is 11.1 Å². The Morgan fingerprint density at radius 2 is 1.70 bits per heavy atom. The minimum absolute atomic E-state index is 0.111. The molecule has 0 N–H and O–H groups in total. The van der Waals surface area contributed by atoms with Gasteiger partial charge in [-0.1, -0.05) is 60.7 Å². The number of amides is 3. The zero-order valence-corrected chi connectivity index (χ0v) is 14.5. The fraction of sp³-hybridized carbons (Fsp3) is 0.250. The number of rotatable bonds is 4. The fourth-order valence-corrected chi connectivity index (χ4v) is 3.10. The maximum atomic E-state index is 12.8. The van der Waals surface area contributed by atoms with Crippen molar-refractivity contribution in [3.05, 3.63) is 71.8 Å². The summed E-state index contributed by atoms with van der Waals surface area (Å²) in [5.41, 5.74) is 1.68. The second-order valence-corrected chi connectivity index (χ2v) is 6.42. The smallest absolute Gasteiger partial charge is 0.417 e. The molecule has 3 amide bonds. The maximum absolute atomic E-state index is 12.8. The summed E-state index contributed by atoms with van der Waals surface area (Å²) in [4.78, 5) is 39.4. The number of ether oxygens (including phenoxy) is 2. The largest absolute Gasteiger partial charge is 0.446 e. The van der Waals surface area contributed by atoms with Crippen molar-refractivity contribution in [2.24, 2.45) is 0 Å². The van der Waals surface area contributed by atoms with Crippen molar-refractivity contribution < 1.29 is 23.9 Å². The van der Waals surface area contributed by atoms with E-state index in [1.165, 1.54) is 4.90 Å². The number of nitrogens with zero attached hydrogens (tertiary/aromatic N) is 2. The van der Waals surface area contributed by atoms with Crippen LogP contribution < -0.4 is 0 Å². The molecule has 2 aliphatic heterocycles. The highest BCUT2D eigenvalue weighted by atomic mass is 16.6. The summed E-state index contributed by atoms with van der Waals surface area (Å²) >= 11 is 0. The van der Waals surface area contributed by atoms with Crippen molar-refractivity contribution >= 4 is 18.1 Å². The highest BCUT2D eigenvalue weighted by Gasteiger charge is 2.52. The lowest BCUT2D eigenvalue weighted by atomic mass is 10.1. The first-order valence-electron chi connectivity index (χ1n) is 8.67. The van der Waals surface area contributed by atoms with Gasteiger partial charge in [0, 0.05) is 0 Å². The van der Waals surface area contributed by atoms with Crippen molar-refractivity contribution in [2.75, 3.05) is 13.2 Å². The third-order valence-electron chi connectivity index (χ3n) is 4.63. The summed E-state index contributed by atoms with van der Waals surface area (Å²) in [7, 11) is 0. The van der Waals surface area contributed by atoms with Crippen LogP contribution in [0.1, 0.15) is 17.2 Å². The average Bonchev–Trinajstić information content (AvgIpc) is 3.42. The van der Waals surface area contributed by atoms with E-state index >= 15 is 0 Å². The van der Waals surface area contributed by atoms with Gasteiger partial charge in [0.25, 0.3) is 5.91 Å². The molecule has 27 heavy (non-hydrogen) atoms. The Morgan fingerprint density at radius 3 is 2.41 bits per heavy atom. The van der Waals surface area contributed by atoms with Crippen LogP contribution >= 0.6 is 0 Å². The Hall–Kier alpha value is -3.35. The molecule has 0 unspecified atom stereocenters. The summed E-state index contributed by atoms with van der Waals surface area (Å²) in [5, 5.41) is 0. The molecule has 0 bridgehead atoms. The van der Waals surface area contributed by atoms with E-state index in [1.54, 1.807) is 0 Å². The van der Waals surface area contributed by atoms with E-state index in [0.29, 0.717) is 0 Å². The van der Waals surface area contributed by atoms with Gasteiger partial charge < -0.3 is 9.47 Å². The maximum Gasteiger partial charge on any atom is 0.417 e. The van der Waals surface area contributed by atoms with Crippen molar-refractivity contribution in [2.45, 2.75) is 18.7 Å². The van der Waals surface area contributed by atoms with Gasteiger partial charge in [0.2, 0.25) is 0 Å². The summed E-state index contributed by atoms with van der Waals surface area (Å²) < 4.78 is 10.3. The van der Waals surface area contributed by atoms with Crippen LogP contribution in [-0.2, 0) is 20.9 Å². The first-order chi connectivity index (χ1) is 13.1. The first kappa shape index (κ1) is 17.1. The Balaban J connectivity index is 1.38. The first-order valence-corrected chi connectivity index (χ1v) is 8.67. The van der Waals surface area contributed by atoms with Gasteiger partial charge in [-0.15, -0.1) is 0 Å². The third kappa shape index (κ3) is 3.48.